The van der Waals surface area contributed by atoms with Gasteiger partial charge in [0.25, 0.3) is 5.56 Å². The van der Waals surface area contributed by atoms with Crippen molar-refractivity contribution >= 4 is 17.7 Å². The number of benzene rings is 1. The molecule has 0 fully saturated rings. The number of methoxy groups -OCH3 is 1. The van der Waals surface area contributed by atoms with E-state index >= 15 is 0 Å². The highest BCUT2D eigenvalue weighted by atomic mass is 19.4. The Morgan fingerprint density at radius 3 is 2.71 bits per heavy atom. The Morgan fingerprint density at radius 2 is 2.07 bits per heavy atom. The maximum absolute atomic E-state index is 12.7. The summed E-state index contributed by atoms with van der Waals surface area (Å²) < 4.78 is 48.4. The minimum atomic E-state index is -4.66. The van der Waals surface area contributed by atoms with Crippen molar-refractivity contribution in [3.63, 3.8) is 0 Å². The molecule has 28 heavy (non-hydrogen) atoms. The van der Waals surface area contributed by atoms with E-state index in [4.69, 9.17) is 14.7 Å². The van der Waals surface area contributed by atoms with Crippen molar-refractivity contribution in [1.29, 1.82) is 5.26 Å². The zero-order valence-electron chi connectivity index (χ0n) is 14.5. The van der Waals surface area contributed by atoms with Gasteiger partial charge in [-0.2, -0.15) is 18.4 Å². The van der Waals surface area contributed by atoms with Crippen molar-refractivity contribution in [2.45, 2.75) is 6.18 Å². The van der Waals surface area contributed by atoms with Crippen LogP contribution in [0.5, 0.6) is 11.5 Å². The number of nitrogens with one attached hydrogen (secondary N) is 2. The van der Waals surface area contributed by atoms with E-state index in [1.165, 1.54) is 25.3 Å². The van der Waals surface area contributed by atoms with Gasteiger partial charge in [0.15, 0.2) is 18.1 Å². The van der Waals surface area contributed by atoms with Crippen molar-refractivity contribution in [2.75, 3.05) is 19.0 Å². The molecule has 0 atom stereocenters. The van der Waals surface area contributed by atoms with Crippen LogP contribution in [-0.4, -0.2) is 24.6 Å². The molecule has 1 aromatic carbocycles. The number of amides is 1. The van der Waals surface area contributed by atoms with E-state index in [0.717, 1.165) is 6.08 Å². The van der Waals surface area contributed by atoms with Crippen molar-refractivity contribution in [3.8, 4) is 17.6 Å². The quantitative estimate of drug-likeness (QED) is 0.735. The van der Waals surface area contributed by atoms with Gasteiger partial charge in [-0.25, -0.2) is 0 Å². The largest absolute Gasteiger partial charge is 0.493 e. The van der Waals surface area contributed by atoms with Gasteiger partial charge in [0.05, 0.1) is 12.7 Å². The molecule has 7 nitrogen and oxygen atoms in total. The van der Waals surface area contributed by atoms with Crippen LogP contribution in [0.1, 0.15) is 11.1 Å². The molecule has 1 aromatic heterocycles. The molecule has 0 aliphatic carbocycles. The Hall–Kier alpha value is -3.74. The number of hydrogen-bond acceptors (Lipinski definition) is 5. The second-order valence-electron chi connectivity index (χ2n) is 5.31. The smallest absolute Gasteiger partial charge is 0.417 e. The first kappa shape index (κ1) is 20.6. The molecule has 0 saturated heterocycles. The van der Waals surface area contributed by atoms with Crippen molar-refractivity contribution in [2.24, 2.45) is 0 Å². The predicted molar refractivity (Wildman–Crippen MR) is 93.8 cm³/mol. The highest BCUT2D eigenvalue weighted by Gasteiger charge is 2.31. The molecule has 0 aliphatic rings. The zero-order valence-corrected chi connectivity index (χ0v) is 14.5. The molecule has 0 unspecified atom stereocenters. The summed E-state index contributed by atoms with van der Waals surface area (Å²) in [6.45, 7) is -0.167. The topological polar surface area (TPSA) is 104 Å². The van der Waals surface area contributed by atoms with Gasteiger partial charge in [-0.1, -0.05) is 6.07 Å². The lowest BCUT2D eigenvalue weighted by molar-refractivity contribution is -0.137. The van der Waals surface area contributed by atoms with Crippen LogP contribution < -0.4 is 20.3 Å². The average Bonchev–Trinajstić information content (AvgIpc) is 2.65. The summed E-state index contributed by atoms with van der Waals surface area (Å²) in [5, 5.41) is 10.6. The predicted octanol–water partition coefficient (Wildman–Crippen LogP) is 2.96. The molecule has 0 aliphatic heterocycles. The third-order valence-corrected chi connectivity index (χ3v) is 3.40. The molecule has 0 bridgehead atoms. The average molecular weight is 393 g/mol. The van der Waals surface area contributed by atoms with Crippen LogP contribution in [0.25, 0.3) is 6.08 Å². The molecule has 146 valence electrons. The third kappa shape index (κ3) is 5.38. The van der Waals surface area contributed by atoms with Gasteiger partial charge in [-0.15, -0.1) is 0 Å². The number of aromatic nitrogens is 1. The van der Waals surface area contributed by atoms with E-state index < -0.39 is 28.9 Å². The maximum atomic E-state index is 12.7. The van der Waals surface area contributed by atoms with E-state index in [1.54, 1.807) is 6.07 Å². The second-order valence-corrected chi connectivity index (χ2v) is 5.31. The number of nitrogens with zero attached hydrogens (tertiary/aromatic N) is 1. The van der Waals surface area contributed by atoms with Crippen molar-refractivity contribution < 1.29 is 27.4 Å². The minimum Gasteiger partial charge on any atom is -0.493 e. The van der Waals surface area contributed by atoms with Crippen molar-refractivity contribution in [1.82, 2.24) is 4.98 Å². The molecular weight excluding hydrogens is 379 g/mol. The van der Waals surface area contributed by atoms with Gasteiger partial charge < -0.3 is 19.8 Å². The Balaban J connectivity index is 2.14. The lowest BCUT2D eigenvalue weighted by atomic mass is 10.2. The zero-order chi connectivity index (χ0) is 20.7. The molecule has 1 heterocycles. The summed E-state index contributed by atoms with van der Waals surface area (Å²) in [7, 11) is 1.40. The van der Waals surface area contributed by atoms with Gasteiger partial charge in [-0.3, -0.25) is 9.59 Å². The fourth-order valence-electron chi connectivity index (χ4n) is 2.10. The van der Waals surface area contributed by atoms with Gasteiger partial charge >= 0.3 is 6.18 Å². The van der Waals surface area contributed by atoms with Crippen molar-refractivity contribution in [3.05, 3.63) is 58.0 Å². The SMILES string of the molecule is COc1cc(C=CC(=O)Nc2cc(C(F)(F)F)c[nH]c2=O)ccc1OCC#N. The molecule has 2 N–H and O–H groups in total. The van der Waals surface area contributed by atoms with E-state index in [9.17, 15) is 22.8 Å². The summed E-state index contributed by atoms with van der Waals surface area (Å²) in [6, 6.07) is 7.02. The number of H-pyrrole nitrogens is 1. The molecular formula is C18H14F3N3O4. The van der Waals surface area contributed by atoms with E-state index in [-0.39, 0.29) is 6.61 Å². The minimum absolute atomic E-state index is 0.167. The van der Waals surface area contributed by atoms with Gasteiger partial charge in [0.2, 0.25) is 5.91 Å². The Bertz CT molecular complexity index is 991. The number of pyridine rings is 1. The Morgan fingerprint density at radius 1 is 1.32 bits per heavy atom. The number of ether oxygens (including phenoxy) is 2. The fraction of sp³-hybridized carbons (Fsp3) is 0.167. The number of alkyl halides is 3. The Labute approximate surface area is 157 Å². The standard InChI is InChI=1S/C18H14F3N3O4/c1-27-15-8-11(2-4-14(15)28-7-6-22)3-5-16(25)24-13-9-12(18(19,20)21)10-23-17(13)26/h2-5,8-10H,7H2,1H3,(H,23,26)(H,24,25). The van der Waals surface area contributed by atoms with Crippen LogP contribution in [0.4, 0.5) is 18.9 Å². The molecule has 0 saturated carbocycles. The number of hydrogen-bond donors (Lipinski definition) is 2. The molecule has 2 rings (SSSR count). The lowest BCUT2D eigenvalue weighted by Gasteiger charge is -2.09. The number of rotatable bonds is 6. The van der Waals surface area contributed by atoms with Gasteiger partial charge in [-0.05, 0) is 29.8 Å². The first-order valence-corrected chi connectivity index (χ1v) is 7.71. The highest BCUT2D eigenvalue weighted by Crippen LogP contribution is 2.29. The molecule has 2 aromatic rings. The monoisotopic (exact) mass is 393 g/mol. The number of anilines is 1. The van der Waals surface area contributed by atoms with E-state index in [0.29, 0.717) is 29.3 Å². The lowest BCUT2D eigenvalue weighted by Crippen LogP contribution is -2.20. The number of carbonyl (C=O) groups excluding carboxylic acids is 1. The summed E-state index contributed by atoms with van der Waals surface area (Å²) in [5.74, 6) is -0.137. The van der Waals surface area contributed by atoms with E-state index in [2.05, 4.69) is 5.32 Å². The molecule has 1 amide bonds. The summed E-state index contributed by atoms with van der Waals surface area (Å²) >= 11 is 0. The number of carbonyl (C=O) groups is 1. The van der Waals surface area contributed by atoms with E-state index in [1.807, 2.05) is 11.1 Å². The first-order chi connectivity index (χ1) is 13.2. The third-order valence-electron chi connectivity index (χ3n) is 3.40. The normalized spacial score (nSPS) is 11.1. The van der Waals surface area contributed by atoms with Crippen LogP contribution in [0.15, 0.2) is 41.3 Å². The van der Waals surface area contributed by atoms with Gasteiger partial charge in [0.1, 0.15) is 11.8 Å². The number of nitriles is 1. The summed E-state index contributed by atoms with van der Waals surface area (Å²) in [4.78, 5) is 25.5. The number of halogens is 3. The van der Waals surface area contributed by atoms with Crippen LogP contribution in [0.3, 0.4) is 0 Å². The fourth-order valence-corrected chi connectivity index (χ4v) is 2.10. The maximum Gasteiger partial charge on any atom is 0.417 e. The number of aromatic amines is 1. The highest BCUT2D eigenvalue weighted by molar-refractivity contribution is 6.01. The summed E-state index contributed by atoms with van der Waals surface area (Å²) in [6.07, 6.45) is -1.72. The van der Waals surface area contributed by atoms with Crippen LogP contribution in [-0.2, 0) is 11.0 Å². The van der Waals surface area contributed by atoms with Crippen LogP contribution >= 0.6 is 0 Å². The molecule has 10 heteroatoms. The second kappa shape index (κ2) is 8.77. The first-order valence-electron chi connectivity index (χ1n) is 7.71. The van der Waals surface area contributed by atoms with Crippen LogP contribution in [0, 0.1) is 11.3 Å². The summed E-state index contributed by atoms with van der Waals surface area (Å²) in [5.41, 5.74) is -1.96. The van der Waals surface area contributed by atoms with Gasteiger partial charge in [0, 0.05) is 12.3 Å². The van der Waals surface area contributed by atoms with Crippen LogP contribution in [0.2, 0.25) is 0 Å². The molecule has 0 spiro atoms. The molecule has 0 radical (unpaired) electrons. The Kier molecular flexibility index (Phi) is 6.44.